The summed E-state index contributed by atoms with van der Waals surface area (Å²) in [5.74, 6) is -2.36. The van der Waals surface area contributed by atoms with Crippen LogP contribution in [0, 0.1) is 11.8 Å². The number of rotatable bonds is 6. The van der Waals surface area contributed by atoms with Gasteiger partial charge in [-0.1, -0.05) is 19.9 Å². The molecular formula is C21H34O8. The fourth-order valence-electron chi connectivity index (χ4n) is 4.17. The van der Waals surface area contributed by atoms with Crippen LogP contribution in [0.25, 0.3) is 0 Å². The number of aliphatic hydroxyl groups excluding tert-OH is 1. The zero-order valence-corrected chi connectivity index (χ0v) is 18.3. The van der Waals surface area contributed by atoms with Crippen LogP contribution in [0.3, 0.4) is 0 Å². The molecule has 0 amide bonds. The molecule has 3 saturated heterocycles. The van der Waals surface area contributed by atoms with E-state index in [-0.39, 0.29) is 12.0 Å². The zero-order valence-electron chi connectivity index (χ0n) is 18.3. The Balaban J connectivity index is 1.93. The Bertz CT molecular complexity index is 641. The minimum atomic E-state index is -1.28. The normalized spacial score (nSPS) is 36.4. The van der Waals surface area contributed by atoms with E-state index in [4.69, 9.17) is 28.4 Å². The quantitative estimate of drug-likeness (QED) is 0.522. The second-order valence-corrected chi connectivity index (χ2v) is 9.28. The minimum Gasteiger partial charge on any atom is -0.467 e. The lowest BCUT2D eigenvalue weighted by atomic mass is 9.87. The van der Waals surface area contributed by atoms with Crippen LogP contribution in [0.2, 0.25) is 0 Å². The zero-order chi connectivity index (χ0) is 21.6. The standard InChI is InChI=1S/C21H34O8/c1-11(2)8-12(15(22)18(23)24-7)9-13-16(14-10-25-20(3,4)27-14)26-19-17(13)28-21(5,6)29-19/h9,11-12,14-17,19,22H,8,10H2,1-7H3/b13-9-/t12-,14+,15+,16-,17+,19+/m0/s1. The second kappa shape index (κ2) is 8.24. The van der Waals surface area contributed by atoms with Gasteiger partial charge in [-0.15, -0.1) is 0 Å². The Morgan fingerprint density at radius 1 is 1.17 bits per heavy atom. The molecule has 1 N–H and O–H groups in total. The largest absolute Gasteiger partial charge is 0.467 e. The van der Waals surface area contributed by atoms with Crippen LogP contribution in [0.5, 0.6) is 0 Å². The molecule has 3 heterocycles. The highest BCUT2D eigenvalue weighted by Crippen LogP contribution is 2.44. The van der Waals surface area contributed by atoms with E-state index < -0.39 is 48.1 Å². The molecule has 0 radical (unpaired) electrons. The van der Waals surface area contributed by atoms with Gasteiger partial charge in [-0.2, -0.15) is 0 Å². The summed E-state index contributed by atoms with van der Waals surface area (Å²) in [6.45, 7) is 11.8. The van der Waals surface area contributed by atoms with Crippen molar-refractivity contribution < 1.29 is 38.3 Å². The molecule has 0 aromatic carbocycles. The number of hydrogen-bond acceptors (Lipinski definition) is 8. The molecule has 3 fully saturated rings. The fourth-order valence-corrected chi connectivity index (χ4v) is 4.17. The van der Waals surface area contributed by atoms with Crippen LogP contribution in [0.4, 0.5) is 0 Å². The fraction of sp³-hybridized carbons (Fsp3) is 0.857. The van der Waals surface area contributed by atoms with Gasteiger partial charge in [0.05, 0.1) is 13.7 Å². The molecular weight excluding hydrogens is 380 g/mol. The summed E-state index contributed by atoms with van der Waals surface area (Å²) in [6, 6.07) is 0. The van der Waals surface area contributed by atoms with Gasteiger partial charge in [0.2, 0.25) is 0 Å². The predicted molar refractivity (Wildman–Crippen MR) is 103 cm³/mol. The lowest BCUT2D eigenvalue weighted by Gasteiger charge is -2.27. The minimum absolute atomic E-state index is 0.259. The predicted octanol–water partition coefficient (Wildman–Crippen LogP) is 2.14. The molecule has 0 bridgehead atoms. The third-order valence-electron chi connectivity index (χ3n) is 5.36. The maximum absolute atomic E-state index is 12.0. The van der Waals surface area contributed by atoms with E-state index in [0.29, 0.717) is 13.0 Å². The molecule has 0 aliphatic carbocycles. The van der Waals surface area contributed by atoms with Crippen molar-refractivity contribution in [2.75, 3.05) is 13.7 Å². The number of carbonyl (C=O) groups is 1. The number of hydrogen-bond donors (Lipinski definition) is 1. The van der Waals surface area contributed by atoms with Crippen LogP contribution in [0.15, 0.2) is 11.6 Å². The van der Waals surface area contributed by atoms with Crippen LogP contribution in [-0.4, -0.2) is 67.1 Å². The van der Waals surface area contributed by atoms with Crippen molar-refractivity contribution in [1.29, 1.82) is 0 Å². The van der Waals surface area contributed by atoms with Gasteiger partial charge < -0.3 is 33.5 Å². The maximum atomic E-state index is 12.0. The SMILES string of the molecule is COC(=O)[C@H](O)[C@H](/C=C1\[C@H]2OC(C)(C)O[C@H]2O[C@@H]1[C@H]1COC(C)(C)O1)CC(C)C. The number of methoxy groups -OCH3 is 1. The van der Waals surface area contributed by atoms with Crippen molar-refractivity contribution in [1.82, 2.24) is 0 Å². The van der Waals surface area contributed by atoms with Gasteiger partial charge in [0.25, 0.3) is 0 Å². The number of fused-ring (bicyclic) bond motifs is 1. The Morgan fingerprint density at radius 2 is 1.86 bits per heavy atom. The summed E-state index contributed by atoms with van der Waals surface area (Å²) in [5.41, 5.74) is 0.806. The topological polar surface area (TPSA) is 92.7 Å². The Labute approximate surface area is 172 Å². The summed E-state index contributed by atoms with van der Waals surface area (Å²) in [6.07, 6.45) is -0.611. The lowest BCUT2D eigenvalue weighted by Crippen LogP contribution is -2.36. The third kappa shape index (κ3) is 5.00. The summed E-state index contributed by atoms with van der Waals surface area (Å²) < 4.78 is 34.7. The van der Waals surface area contributed by atoms with E-state index >= 15 is 0 Å². The molecule has 166 valence electrons. The average Bonchev–Trinajstić information content (AvgIpc) is 3.22. The molecule has 8 nitrogen and oxygen atoms in total. The summed E-state index contributed by atoms with van der Waals surface area (Å²) in [5, 5.41) is 10.6. The smallest absolute Gasteiger partial charge is 0.335 e. The van der Waals surface area contributed by atoms with Crippen LogP contribution >= 0.6 is 0 Å². The first-order valence-electron chi connectivity index (χ1n) is 10.2. The highest BCUT2D eigenvalue weighted by Gasteiger charge is 2.55. The second-order valence-electron chi connectivity index (χ2n) is 9.28. The van der Waals surface area contributed by atoms with Crippen LogP contribution in [0.1, 0.15) is 48.0 Å². The molecule has 0 spiro atoms. The Morgan fingerprint density at radius 3 is 2.41 bits per heavy atom. The van der Waals surface area contributed by atoms with E-state index in [2.05, 4.69) is 0 Å². The van der Waals surface area contributed by atoms with E-state index in [1.54, 1.807) is 0 Å². The molecule has 29 heavy (non-hydrogen) atoms. The van der Waals surface area contributed by atoms with Crippen molar-refractivity contribution in [2.45, 2.75) is 90.2 Å². The lowest BCUT2D eigenvalue weighted by molar-refractivity contribution is -0.215. The molecule has 0 saturated carbocycles. The first-order chi connectivity index (χ1) is 13.4. The number of carbonyl (C=O) groups excluding carboxylic acids is 1. The highest BCUT2D eigenvalue weighted by molar-refractivity contribution is 5.75. The molecule has 3 aliphatic rings. The van der Waals surface area contributed by atoms with Gasteiger partial charge in [-0.05, 0) is 45.6 Å². The Kier molecular flexibility index (Phi) is 6.44. The molecule has 6 atom stereocenters. The van der Waals surface area contributed by atoms with Crippen LogP contribution < -0.4 is 0 Å². The Hall–Kier alpha value is -1.03. The van der Waals surface area contributed by atoms with Crippen molar-refractivity contribution in [3.63, 3.8) is 0 Å². The molecule has 0 aromatic rings. The van der Waals surface area contributed by atoms with Crippen molar-refractivity contribution in [3.05, 3.63) is 11.6 Å². The van der Waals surface area contributed by atoms with Gasteiger partial charge in [-0.3, -0.25) is 0 Å². The first-order valence-corrected chi connectivity index (χ1v) is 10.2. The van der Waals surface area contributed by atoms with Gasteiger partial charge in [0, 0.05) is 5.92 Å². The van der Waals surface area contributed by atoms with Gasteiger partial charge in [-0.25, -0.2) is 4.79 Å². The summed E-state index contributed by atoms with van der Waals surface area (Å²) in [7, 11) is 1.27. The van der Waals surface area contributed by atoms with Gasteiger partial charge in [0.1, 0.15) is 18.3 Å². The number of esters is 1. The third-order valence-corrected chi connectivity index (χ3v) is 5.36. The number of aliphatic hydroxyl groups is 1. The van der Waals surface area contributed by atoms with Crippen molar-refractivity contribution in [2.24, 2.45) is 11.8 Å². The van der Waals surface area contributed by atoms with E-state index in [1.165, 1.54) is 7.11 Å². The van der Waals surface area contributed by atoms with E-state index in [9.17, 15) is 9.90 Å². The van der Waals surface area contributed by atoms with E-state index in [1.807, 2.05) is 47.6 Å². The van der Waals surface area contributed by atoms with Gasteiger partial charge in [0.15, 0.2) is 24.0 Å². The van der Waals surface area contributed by atoms with Crippen molar-refractivity contribution in [3.8, 4) is 0 Å². The summed E-state index contributed by atoms with van der Waals surface area (Å²) >= 11 is 0. The molecule has 0 unspecified atom stereocenters. The van der Waals surface area contributed by atoms with Crippen molar-refractivity contribution >= 4 is 5.97 Å². The molecule has 3 aliphatic heterocycles. The van der Waals surface area contributed by atoms with Crippen LogP contribution in [-0.2, 0) is 33.2 Å². The maximum Gasteiger partial charge on any atom is 0.335 e. The summed E-state index contributed by atoms with van der Waals surface area (Å²) in [4.78, 5) is 12.0. The van der Waals surface area contributed by atoms with Gasteiger partial charge >= 0.3 is 5.97 Å². The molecule has 3 rings (SSSR count). The van der Waals surface area contributed by atoms with E-state index in [0.717, 1.165) is 5.57 Å². The first kappa shape index (κ1) is 22.7. The number of ether oxygens (including phenoxy) is 6. The monoisotopic (exact) mass is 414 g/mol. The average molecular weight is 414 g/mol. The highest BCUT2D eigenvalue weighted by atomic mass is 16.8. The molecule has 8 heteroatoms. The molecule has 0 aromatic heterocycles.